The first kappa shape index (κ1) is 17.2. The standard InChI is InChI=1S/C18H21NO3S/c1-4-14-12(2)10-15(23-14)16(20)19-11-18(3,17(21)22)13-8-6-5-7-9-13/h5-10H,4,11H2,1-3H3,(H,19,20)(H,21,22). The summed E-state index contributed by atoms with van der Waals surface area (Å²) >= 11 is 1.46. The quantitative estimate of drug-likeness (QED) is 0.852. The summed E-state index contributed by atoms with van der Waals surface area (Å²) in [4.78, 5) is 25.9. The second-order valence-corrected chi connectivity index (χ2v) is 6.89. The molecule has 0 aliphatic carbocycles. The van der Waals surface area contributed by atoms with Crippen LogP contribution in [0.2, 0.25) is 0 Å². The maximum atomic E-state index is 12.3. The lowest BCUT2D eigenvalue weighted by Gasteiger charge is -2.25. The molecule has 4 nitrogen and oxygen atoms in total. The molecule has 1 heterocycles. The molecule has 122 valence electrons. The van der Waals surface area contributed by atoms with Crippen LogP contribution in [-0.2, 0) is 16.6 Å². The number of carboxylic acid groups (broad SMARTS) is 1. The van der Waals surface area contributed by atoms with E-state index in [-0.39, 0.29) is 12.5 Å². The number of aryl methyl sites for hydroxylation is 2. The number of thiophene rings is 1. The lowest BCUT2D eigenvalue weighted by atomic mass is 9.82. The summed E-state index contributed by atoms with van der Waals surface area (Å²) in [5, 5.41) is 12.4. The molecule has 0 fully saturated rings. The average Bonchev–Trinajstić information content (AvgIpc) is 2.94. The van der Waals surface area contributed by atoms with E-state index in [0.717, 1.165) is 12.0 Å². The number of nitrogens with one attached hydrogen (secondary N) is 1. The Kier molecular flexibility index (Phi) is 5.21. The summed E-state index contributed by atoms with van der Waals surface area (Å²) in [7, 11) is 0. The molecule has 0 saturated carbocycles. The van der Waals surface area contributed by atoms with Crippen LogP contribution in [0.5, 0.6) is 0 Å². The lowest BCUT2D eigenvalue weighted by Crippen LogP contribution is -2.44. The minimum Gasteiger partial charge on any atom is -0.481 e. The normalized spacial score (nSPS) is 13.3. The maximum absolute atomic E-state index is 12.3. The third kappa shape index (κ3) is 3.62. The maximum Gasteiger partial charge on any atom is 0.315 e. The van der Waals surface area contributed by atoms with Crippen LogP contribution >= 0.6 is 11.3 Å². The molecule has 0 saturated heterocycles. The molecule has 1 atom stereocenters. The van der Waals surface area contributed by atoms with Gasteiger partial charge in [0.2, 0.25) is 0 Å². The van der Waals surface area contributed by atoms with Gasteiger partial charge in [-0.25, -0.2) is 0 Å². The molecule has 1 unspecified atom stereocenters. The highest BCUT2D eigenvalue weighted by Crippen LogP contribution is 2.25. The highest BCUT2D eigenvalue weighted by molar-refractivity contribution is 7.14. The van der Waals surface area contributed by atoms with E-state index < -0.39 is 11.4 Å². The summed E-state index contributed by atoms with van der Waals surface area (Å²) in [6.45, 7) is 5.71. The first-order valence-electron chi connectivity index (χ1n) is 7.55. The summed E-state index contributed by atoms with van der Waals surface area (Å²) in [6.07, 6.45) is 0.890. The molecule has 1 amide bonds. The van der Waals surface area contributed by atoms with E-state index in [2.05, 4.69) is 12.2 Å². The molecule has 1 aromatic heterocycles. The zero-order valence-electron chi connectivity index (χ0n) is 13.6. The van der Waals surface area contributed by atoms with Gasteiger partial charge in [-0.15, -0.1) is 11.3 Å². The molecule has 2 rings (SSSR count). The fourth-order valence-corrected chi connectivity index (χ4v) is 3.46. The average molecular weight is 331 g/mol. The Morgan fingerprint density at radius 1 is 1.26 bits per heavy atom. The van der Waals surface area contributed by atoms with Gasteiger partial charge in [-0.05, 0) is 37.5 Å². The van der Waals surface area contributed by atoms with Crippen molar-refractivity contribution < 1.29 is 14.7 Å². The molecule has 0 bridgehead atoms. The van der Waals surface area contributed by atoms with Gasteiger partial charge < -0.3 is 10.4 Å². The number of aliphatic carboxylic acids is 1. The second kappa shape index (κ2) is 6.96. The van der Waals surface area contributed by atoms with Crippen LogP contribution in [0.3, 0.4) is 0 Å². The predicted molar refractivity (Wildman–Crippen MR) is 92.2 cm³/mol. The van der Waals surface area contributed by atoms with Gasteiger partial charge >= 0.3 is 5.97 Å². The van der Waals surface area contributed by atoms with Crippen LogP contribution in [0, 0.1) is 6.92 Å². The first-order chi connectivity index (χ1) is 10.9. The van der Waals surface area contributed by atoms with Crippen LogP contribution in [-0.4, -0.2) is 23.5 Å². The molecule has 5 heteroatoms. The van der Waals surface area contributed by atoms with Crippen LogP contribution in [0.15, 0.2) is 36.4 Å². The molecule has 0 aliphatic rings. The Morgan fingerprint density at radius 3 is 2.43 bits per heavy atom. The highest BCUT2D eigenvalue weighted by atomic mass is 32.1. The molecule has 0 aliphatic heterocycles. The largest absolute Gasteiger partial charge is 0.481 e. The fraction of sp³-hybridized carbons (Fsp3) is 0.333. The first-order valence-corrected chi connectivity index (χ1v) is 8.36. The van der Waals surface area contributed by atoms with Crippen molar-refractivity contribution in [1.29, 1.82) is 0 Å². The fourth-order valence-electron chi connectivity index (χ4n) is 2.43. The molecule has 0 radical (unpaired) electrons. The van der Waals surface area contributed by atoms with Gasteiger partial charge in [-0.3, -0.25) is 9.59 Å². The number of hydrogen-bond donors (Lipinski definition) is 2. The van der Waals surface area contributed by atoms with Gasteiger partial charge in [0.25, 0.3) is 5.91 Å². The minimum absolute atomic E-state index is 0.0452. The number of hydrogen-bond acceptors (Lipinski definition) is 3. The summed E-state index contributed by atoms with van der Waals surface area (Å²) in [5.74, 6) is -1.18. The molecular weight excluding hydrogens is 310 g/mol. The van der Waals surface area contributed by atoms with Crippen LogP contribution in [0.4, 0.5) is 0 Å². The Morgan fingerprint density at radius 2 is 1.91 bits per heavy atom. The predicted octanol–water partition coefficient (Wildman–Crippen LogP) is 3.39. The SMILES string of the molecule is CCc1sc(C(=O)NCC(C)(C(=O)O)c2ccccc2)cc1C. The number of carbonyl (C=O) groups is 2. The van der Waals surface area contributed by atoms with Crippen molar-refractivity contribution in [2.45, 2.75) is 32.6 Å². The van der Waals surface area contributed by atoms with Gasteiger partial charge in [-0.2, -0.15) is 0 Å². The van der Waals surface area contributed by atoms with Gasteiger partial charge in [0, 0.05) is 11.4 Å². The van der Waals surface area contributed by atoms with Crippen molar-refractivity contribution in [3.63, 3.8) is 0 Å². The molecule has 0 spiro atoms. The highest BCUT2D eigenvalue weighted by Gasteiger charge is 2.35. The molecule has 23 heavy (non-hydrogen) atoms. The van der Waals surface area contributed by atoms with Crippen molar-refractivity contribution >= 4 is 23.2 Å². The van der Waals surface area contributed by atoms with Gasteiger partial charge in [0.05, 0.1) is 4.88 Å². The van der Waals surface area contributed by atoms with Crippen molar-refractivity contribution in [1.82, 2.24) is 5.32 Å². The smallest absolute Gasteiger partial charge is 0.315 e. The van der Waals surface area contributed by atoms with Crippen molar-refractivity contribution in [2.75, 3.05) is 6.54 Å². The lowest BCUT2D eigenvalue weighted by molar-refractivity contribution is -0.142. The molecular formula is C18H21NO3S. The van der Waals surface area contributed by atoms with E-state index in [4.69, 9.17) is 0 Å². The van der Waals surface area contributed by atoms with E-state index in [1.165, 1.54) is 16.2 Å². The van der Waals surface area contributed by atoms with E-state index in [0.29, 0.717) is 10.4 Å². The molecule has 2 aromatic rings. The van der Waals surface area contributed by atoms with Crippen LogP contribution in [0.1, 0.15) is 39.5 Å². The summed E-state index contributed by atoms with van der Waals surface area (Å²) < 4.78 is 0. The molecule has 1 aromatic carbocycles. The van der Waals surface area contributed by atoms with E-state index >= 15 is 0 Å². The summed E-state index contributed by atoms with van der Waals surface area (Å²) in [6, 6.07) is 10.8. The zero-order chi connectivity index (χ0) is 17.0. The number of amides is 1. The van der Waals surface area contributed by atoms with E-state index in [9.17, 15) is 14.7 Å². The van der Waals surface area contributed by atoms with Crippen molar-refractivity contribution in [2.24, 2.45) is 0 Å². The van der Waals surface area contributed by atoms with E-state index in [1.807, 2.05) is 19.1 Å². The Labute approximate surface area is 140 Å². The zero-order valence-corrected chi connectivity index (χ0v) is 14.4. The minimum atomic E-state index is -1.16. The van der Waals surface area contributed by atoms with Gasteiger partial charge in [0.15, 0.2) is 0 Å². The monoisotopic (exact) mass is 331 g/mol. The Bertz CT molecular complexity index is 708. The number of benzene rings is 1. The Balaban J connectivity index is 2.16. The van der Waals surface area contributed by atoms with Crippen molar-refractivity contribution in [3.8, 4) is 0 Å². The number of carbonyl (C=O) groups excluding carboxylic acids is 1. The van der Waals surface area contributed by atoms with Gasteiger partial charge in [0.1, 0.15) is 5.41 Å². The van der Waals surface area contributed by atoms with Crippen LogP contribution in [0.25, 0.3) is 0 Å². The molecule has 2 N–H and O–H groups in total. The Hall–Kier alpha value is -2.14. The summed E-state index contributed by atoms with van der Waals surface area (Å²) in [5.41, 5.74) is 0.618. The second-order valence-electron chi connectivity index (χ2n) is 5.76. The van der Waals surface area contributed by atoms with Crippen LogP contribution < -0.4 is 5.32 Å². The number of rotatable bonds is 6. The third-order valence-electron chi connectivity index (χ3n) is 4.05. The topological polar surface area (TPSA) is 66.4 Å². The van der Waals surface area contributed by atoms with Crippen molar-refractivity contribution in [3.05, 3.63) is 57.3 Å². The van der Waals surface area contributed by atoms with Gasteiger partial charge in [-0.1, -0.05) is 37.3 Å². The number of carboxylic acids is 1. The van der Waals surface area contributed by atoms with E-state index in [1.54, 1.807) is 31.2 Å². The third-order valence-corrected chi connectivity index (χ3v) is 5.43.